The van der Waals surface area contributed by atoms with Crippen molar-refractivity contribution in [1.82, 2.24) is 15.1 Å². The fourth-order valence-electron chi connectivity index (χ4n) is 2.58. The van der Waals surface area contributed by atoms with Gasteiger partial charge in [0.05, 0.1) is 0 Å². The van der Waals surface area contributed by atoms with Crippen molar-refractivity contribution in [2.75, 3.05) is 40.3 Å². The zero-order valence-electron chi connectivity index (χ0n) is 11.2. The molecule has 1 atom stereocenters. The lowest BCUT2D eigenvalue weighted by molar-refractivity contribution is -0.134. The number of amides is 1. The Morgan fingerprint density at radius 1 is 1.44 bits per heavy atom. The Labute approximate surface area is 99.0 Å². The molecule has 0 aliphatic carbocycles. The summed E-state index contributed by atoms with van der Waals surface area (Å²) in [5.41, 5.74) is 0.170. The highest BCUT2D eigenvalue weighted by Crippen LogP contribution is 2.24. The SMILES string of the molecule is CCN1CC(C)(C)CN(C)C(=O)C1CNC. The Morgan fingerprint density at radius 3 is 2.56 bits per heavy atom. The molecule has 1 amide bonds. The van der Waals surface area contributed by atoms with Gasteiger partial charge < -0.3 is 10.2 Å². The van der Waals surface area contributed by atoms with Crippen LogP contribution < -0.4 is 5.32 Å². The first-order valence-electron chi connectivity index (χ1n) is 6.05. The van der Waals surface area contributed by atoms with Gasteiger partial charge in [-0.1, -0.05) is 20.8 Å². The quantitative estimate of drug-likeness (QED) is 0.758. The summed E-state index contributed by atoms with van der Waals surface area (Å²) in [5.74, 6) is 0.238. The number of nitrogens with one attached hydrogen (secondary N) is 1. The normalized spacial score (nSPS) is 26.9. The van der Waals surface area contributed by atoms with Crippen molar-refractivity contribution < 1.29 is 4.79 Å². The molecule has 1 rings (SSSR count). The van der Waals surface area contributed by atoms with Crippen LogP contribution in [0.3, 0.4) is 0 Å². The topological polar surface area (TPSA) is 35.6 Å². The average Bonchev–Trinajstić information content (AvgIpc) is 2.27. The predicted octanol–water partition coefficient (Wildman–Crippen LogP) is 0.395. The van der Waals surface area contributed by atoms with Crippen molar-refractivity contribution in [3.63, 3.8) is 0 Å². The van der Waals surface area contributed by atoms with E-state index < -0.39 is 0 Å². The highest BCUT2D eigenvalue weighted by molar-refractivity contribution is 5.82. The molecule has 4 nitrogen and oxygen atoms in total. The van der Waals surface area contributed by atoms with Gasteiger partial charge in [0.25, 0.3) is 0 Å². The number of carbonyl (C=O) groups is 1. The molecule has 1 aliphatic rings. The zero-order valence-corrected chi connectivity index (χ0v) is 11.2. The summed E-state index contributed by atoms with van der Waals surface area (Å²) < 4.78 is 0. The Kier molecular flexibility index (Phi) is 4.33. The molecule has 0 spiro atoms. The number of hydrogen-bond acceptors (Lipinski definition) is 3. The number of likely N-dealkylation sites (N-methyl/N-ethyl adjacent to an activating group) is 3. The Balaban J connectivity index is 2.91. The molecule has 1 aliphatic heterocycles. The van der Waals surface area contributed by atoms with Gasteiger partial charge >= 0.3 is 0 Å². The Hall–Kier alpha value is -0.610. The summed E-state index contributed by atoms with van der Waals surface area (Å²) in [6, 6.07) is -0.0122. The van der Waals surface area contributed by atoms with Crippen LogP contribution in [0.1, 0.15) is 20.8 Å². The van der Waals surface area contributed by atoms with Crippen LogP contribution in [0.2, 0.25) is 0 Å². The fourth-order valence-corrected chi connectivity index (χ4v) is 2.58. The fraction of sp³-hybridized carbons (Fsp3) is 0.917. The number of carbonyl (C=O) groups excluding carboxylic acids is 1. The van der Waals surface area contributed by atoms with Crippen LogP contribution in [0.4, 0.5) is 0 Å². The maximum Gasteiger partial charge on any atom is 0.241 e. The first-order valence-corrected chi connectivity index (χ1v) is 6.05. The highest BCUT2D eigenvalue weighted by atomic mass is 16.2. The second kappa shape index (κ2) is 5.15. The lowest BCUT2D eigenvalue weighted by atomic mass is 9.92. The molecule has 0 aromatic carbocycles. The van der Waals surface area contributed by atoms with E-state index in [0.29, 0.717) is 0 Å². The summed E-state index contributed by atoms with van der Waals surface area (Å²) in [4.78, 5) is 16.4. The van der Waals surface area contributed by atoms with Crippen LogP contribution in [0, 0.1) is 5.41 Å². The van der Waals surface area contributed by atoms with Crippen LogP contribution in [0.25, 0.3) is 0 Å². The number of hydrogen-bond donors (Lipinski definition) is 1. The molecule has 0 aromatic heterocycles. The van der Waals surface area contributed by atoms with Gasteiger partial charge in [-0.05, 0) is 19.0 Å². The van der Waals surface area contributed by atoms with E-state index in [9.17, 15) is 4.79 Å². The van der Waals surface area contributed by atoms with Crippen LogP contribution >= 0.6 is 0 Å². The highest BCUT2D eigenvalue weighted by Gasteiger charge is 2.36. The van der Waals surface area contributed by atoms with Crippen molar-refractivity contribution >= 4 is 5.91 Å². The van der Waals surface area contributed by atoms with E-state index >= 15 is 0 Å². The van der Waals surface area contributed by atoms with Crippen LogP contribution in [0.5, 0.6) is 0 Å². The van der Waals surface area contributed by atoms with Gasteiger partial charge in [-0.3, -0.25) is 9.69 Å². The molecule has 0 radical (unpaired) electrons. The van der Waals surface area contributed by atoms with Crippen molar-refractivity contribution in [2.45, 2.75) is 26.8 Å². The average molecular weight is 227 g/mol. The summed E-state index contributed by atoms with van der Waals surface area (Å²) in [6.45, 7) is 10.0. The van der Waals surface area contributed by atoms with Crippen LogP contribution in [-0.4, -0.2) is 62.0 Å². The molecule has 1 N–H and O–H groups in total. The first-order chi connectivity index (χ1) is 7.41. The van der Waals surface area contributed by atoms with Gasteiger partial charge in [-0.25, -0.2) is 0 Å². The van der Waals surface area contributed by atoms with E-state index in [-0.39, 0.29) is 17.4 Å². The second-order valence-electron chi connectivity index (χ2n) is 5.50. The van der Waals surface area contributed by atoms with Crippen molar-refractivity contribution in [1.29, 1.82) is 0 Å². The minimum absolute atomic E-state index is 0.0122. The Bertz CT molecular complexity index is 253. The molecular formula is C12H25N3O. The monoisotopic (exact) mass is 227 g/mol. The number of nitrogens with zero attached hydrogens (tertiary/aromatic N) is 2. The zero-order chi connectivity index (χ0) is 12.3. The lowest BCUT2D eigenvalue weighted by Crippen LogP contribution is -2.49. The van der Waals surface area contributed by atoms with Gasteiger partial charge in [0.15, 0.2) is 0 Å². The molecular weight excluding hydrogens is 202 g/mol. The third-order valence-corrected chi connectivity index (χ3v) is 3.20. The van der Waals surface area contributed by atoms with Crippen molar-refractivity contribution in [3.05, 3.63) is 0 Å². The largest absolute Gasteiger partial charge is 0.344 e. The smallest absolute Gasteiger partial charge is 0.241 e. The third-order valence-electron chi connectivity index (χ3n) is 3.20. The maximum absolute atomic E-state index is 12.2. The predicted molar refractivity (Wildman–Crippen MR) is 66.4 cm³/mol. The van der Waals surface area contributed by atoms with Crippen LogP contribution in [0.15, 0.2) is 0 Å². The Morgan fingerprint density at radius 2 is 2.06 bits per heavy atom. The van der Waals surface area contributed by atoms with Gasteiger partial charge in [0.2, 0.25) is 5.91 Å². The molecule has 1 unspecified atom stereocenters. The molecule has 1 fully saturated rings. The van der Waals surface area contributed by atoms with E-state index in [4.69, 9.17) is 0 Å². The summed E-state index contributed by atoms with van der Waals surface area (Å²) >= 11 is 0. The van der Waals surface area contributed by atoms with Gasteiger partial charge in [0, 0.05) is 26.7 Å². The van der Waals surface area contributed by atoms with Crippen molar-refractivity contribution in [3.8, 4) is 0 Å². The second-order valence-corrected chi connectivity index (χ2v) is 5.50. The van der Waals surface area contributed by atoms with Gasteiger partial charge in [-0.2, -0.15) is 0 Å². The van der Waals surface area contributed by atoms with E-state index in [0.717, 1.165) is 26.2 Å². The van der Waals surface area contributed by atoms with Crippen LogP contribution in [-0.2, 0) is 4.79 Å². The first kappa shape index (κ1) is 13.5. The minimum Gasteiger partial charge on any atom is -0.344 e. The van der Waals surface area contributed by atoms with Gasteiger partial charge in [-0.15, -0.1) is 0 Å². The molecule has 4 heteroatoms. The van der Waals surface area contributed by atoms with E-state index in [2.05, 4.69) is 31.0 Å². The summed E-state index contributed by atoms with van der Waals surface area (Å²) in [5, 5.41) is 3.12. The molecule has 1 heterocycles. The van der Waals surface area contributed by atoms with E-state index in [1.165, 1.54) is 0 Å². The summed E-state index contributed by atoms with van der Waals surface area (Å²) in [6.07, 6.45) is 0. The maximum atomic E-state index is 12.2. The molecule has 94 valence electrons. The van der Waals surface area contributed by atoms with E-state index in [1.807, 2.05) is 19.0 Å². The number of rotatable bonds is 3. The minimum atomic E-state index is -0.0122. The molecule has 0 bridgehead atoms. The molecule has 0 aromatic rings. The molecule has 0 saturated carbocycles. The third kappa shape index (κ3) is 2.95. The van der Waals surface area contributed by atoms with Gasteiger partial charge in [0.1, 0.15) is 6.04 Å². The standard InChI is InChI=1S/C12H25N3O/c1-6-15-9-12(2,3)8-14(5)11(16)10(15)7-13-4/h10,13H,6-9H2,1-5H3. The molecule has 16 heavy (non-hydrogen) atoms. The van der Waals surface area contributed by atoms with Crippen molar-refractivity contribution in [2.24, 2.45) is 5.41 Å². The summed E-state index contributed by atoms with van der Waals surface area (Å²) in [7, 11) is 3.81. The van der Waals surface area contributed by atoms with E-state index in [1.54, 1.807) is 0 Å². The lowest BCUT2D eigenvalue weighted by Gasteiger charge is -2.31. The molecule has 1 saturated heterocycles.